The topological polar surface area (TPSA) is 59.4 Å². The van der Waals surface area contributed by atoms with E-state index in [4.69, 9.17) is 5.26 Å². The third kappa shape index (κ3) is 4.83. The molecule has 1 heterocycles. The van der Waals surface area contributed by atoms with E-state index in [0.717, 1.165) is 32.7 Å². The molecule has 1 atom stereocenters. The number of nitrogens with zero attached hydrogens (tertiary/aromatic N) is 3. The fourth-order valence-corrected chi connectivity index (χ4v) is 2.42. The highest BCUT2D eigenvalue weighted by Gasteiger charge is 2.14. The van der Waals surface area contributed by atoms with Crippen molar-refractivity contribution >= 4 is 5.91 Å². The molecule has 0 saturated carbocycles. The van der Waals surface area contributed by atoms with Gasteiger partial charge in [-0.15, -0.1) is 0 Å². The number of amides is 1. The first-order valence-corrected chi connectivity index (χ1v) is 7.76. The normalized spacial score (nSPS) is 17.7. The second kappa shape index (κ2) is 7.92. The molecule has 22 heavy (non-hydrogen) atoms. The monoisotopic (exact) mass is 300 g/mol. The lowest BCUT2D eigenvalue weighted by molar-refractivity contribution is 0.0950. The van der Waals surface area contributed by atoms with Crippen molar-refractivity contribution in [2.45, 2.75) is 13.5 Å². The molecule has 0 aromatic heterocycles. The highest BCUT2D eigenvalue weighted by molar-refractivity contribution is 5.94. The van der Waals surface area contributed by atoms with Gasteiger partial charge in [0, 0.05) is 44.8 Å². The van der Waals surface area contributed by atoms with Crippen molar-refractivity contribution in [2.75, 3.05) is 39.8 Å². The Labute approximate surface area is 132 Å². The Morgan fingerprint density at radius 3 is 2.50 bits per heavy atom. The second-order valence-corrected chi connectivity index (χ2v) is 6.02. The van der Waals surface area contributed by atoms with Gasteiger partial charge in [-0.3, -0.25) is 9.69 Å². The average Bonchev–Trinajstić information content (AvgIpc) is 2.55. The van der Waals surface area contributed by atoms with Gasteiger partial charge in [0.25, 0.3) is 5.91 Å². The molecular weight excluding hydrogens is 276 g/mol. The summed E-state index contributed by atoms with van der Waals surface area (Å²) in [7, 11) is 2.15. The Kier molecular flexibility index (Phi) is 5.93. The number of rotatable bonds is 5. The van der Waals surface area contributed by atoms with Gasteiger partial charge >= 0.3 is 0 Å². The molecule has 1 saturated heterocycles. The van der Waals surface area contributed by atoms with Gasteiger partial charge in [0.15, 0.2) is 0 Å². The number of likely N-dealkylation sites (N-methyl/N-ethyl adjacent to an activating group) is 1. The summed E-state index contributed by atoms with van der Waals surface area (Å²) < 4.78 is 0. The summed E-state index contributed by atoms with van der Waals surface area (Å²) in [4.78, 5) is 16.7. The fourth-order valence-electron chi connectivity index (χ4n) is 2.42. The molecule has 0 radical (unpaired) electrons. The summed E-state index contributed by atoms with van der Waals surface area (Å²) in [6, 6.07) is 9.85. The molecule has 0 spiro atoms. The quantitative estimate of drug-likeness (QED) is 0.891. The van der Waals surface area contributed by atoms with E-state index in [-0.39, 0.29) is 11.8 Å². The van der Waals surface area contributed by atoms with E-state index >= 15 is 0 Å². The van der Waals surface area contributed by atoms with Crippen molar-refractivity contribution in [3.63, 3.8) is 0 Å². The third-order valence-electron chi connectivity index (χ3n) is 4.01. The van der Waals surface area contributed by atoms with Crippen LogP contribution in [0.5, 0.6) is 0 Å². The fraction of sp³-hybridized carbons (Fsp3) is 0.529. The van der Waals surface area contributed by atoms with Crippen molar-refractivity contribution in [1.82, 2.24) is 15.1 Å². The first-order chi connectivity index (χ1) is 10.6. The minimum atomic E-state index is -0.166. The summed E-state index contributed by atoms with van der Waals surface area (Å²) in [5.41, 5.74) is 1.87. The van der Waals surface area contributed by atoms with Crippen molar-refractivity contribution in [3.05, 3.63) is 35.4 Å². The van der Waals surface area contributed by atoms with E-state index in [9.17, 15) is 4.79 Å². The predicted molar refractivity (Wildman–Crippen MR) is 86.3 cm³/mol. The maximum atomic E-state index is 12.0. The van der Waals surface area contributed by atoms with Gasteiger partial charge in [-0.05, 0) is 31.7 Å². The molecule has 1 aromatic carbocycles. The van der Waals surface area contributed by atoms with Crippen molar-refractivity contribution < 1.29 is 4.79 Å². The number of carbonyl (C=O) groups excluding carboxylic acids is 1. The predicted octanol–water partition coefficient (Wildman–Crippen LogP) is 1.32. The zero-order valence-electron chi connectivity index (χ0n) is 13.4. The highest BCUT2D eigenvalue weighted by Crippen LogP contribution is 2.10. The van der Waals surface area contributed by atoms with E-state index in [1.54, 1.807) is 6.92 Å². The van der Waals surface area contributed by atoms with E-state index in [2.05, 4.69) is 28.2 Å². The molecule has 0 bridgehead atoms. The van der Waals surface area contributed by atoms with E-state index < -0.39 is 0 Å². The number of piperazine rings is 1. The lowest BCUT2D eigenvalue weighted by atomic mass is 10.1. The van der Waals surface area contributed by atoms with Crippen molar-refractivity contribution in [3.8, 4) is 6.07 Å². The van der Waals surface area contributed by atoms with Gasteiger partial charge in [0.05, 0.1) is 12.0 Å². The van der Waals surface area contributed by atoms with Crippen LogP contribution < -0.4 is 5.32 Å². The molecule has 0 unspecified atom stereocenters. The molecule has 1 aliphatic rings. The number of hydrogen-bond donors (Lipinski definition) is 1. The first-order valence-electron chi connectivity index (χ1n) is 7.76. The Morgan fingerprint density at radius 1 is 1.27 bits per heavy atom. The van der Waals surface area contributed by atoms with Crippen LogP contribution in [0.15, 0.2) is 24.3 Å². The summed E-state index contributed by atoms with van der Waals surface area (Å²) >= 11 is 0. The largest absolute Gasteiger partial charge is 0.351 e. The van der Waals surface area contributed by atoms with E-state index in [0.29, 0.717) is 12.1 Å². The molecule has 0 aliphatic carbocycles. The lowest BCUT2D eigenvalue weighted by Gasteiger charge is -2.32. The average molecular weight is 300 g/mol. The van der Waals surface area contributed by atoms with E-state index in [1.165, 1.54) is 5.56 Å². The van der Waals surface area contributed by atoms with Crippen molar-refractivity contribution in [1.29, 1.82) is 5.26 Å². The number of hydrogen-bond acceptors (Lipinski definition) is 4. The molecular formula is C17H24N4O. The third-order valence-corrected chi connectivity index (χ3v) is 4.01. The van der Waals surface area contributed by atoms with Crippen LogP contribution in [-0.4, -0.2) is 55.5 Å². The zero-order valence-corrected chi connectivity index (χ0v) is 13.4. The molecule has 5 heteroatoms. The molecule has 1 aliphatic heterocycles. The lowest BCUT2D eigenvalue weighted by Crippen LogP contribution is -2.43. The summed E-state index contributed by atoms with van der Waals surface area (Å²) in [5, 5.41) is 11.5. The van der Waals surface area contributed by atoms with Crippen LogP contribution in [0.4, 0.5) is 0 Å². The van der Waals surface area contributed by atoms with E-state index in [1.807, 2.05) is 24.3 Å². The number of nitriles is 1. The Bertz CT molecular complexity index is 527. The van der Waals surface area contributed by atoms with Crippen LogP contribution in [0.25, 0.3) is 0 Å². The molecule has 1 amide bonds. The van der Waals surface area contributed by atoms with Crippen LogP contribution in [0, 0.1) is 17.2 Å². The van der Waals surface area contributed by atoms with Gasteiger partial charge in [-0.1, -0.05) is 12.1 Å². The number of nitrogens with one attached hydrogen (secondary N) is 1. The zero-order chi connectivity index (χ0) is 15.9. The van der Waals surface area contributed by atoms with Gasteiger partial charge in [-0.25, -0.2) is 0 Å². The Balaban J connectivity index is 1.85. The highest BCUT2D eigenvalue weighted by atomic mass is 16.1. The Hall–Kier alpha value is -1.90. The van der Waals surface area contributed by atoms with Crippen LogP contribution in [-0.2, 0) is 6.54 Å². The number of benzene rings is 1. The van der Waals surface area contributed by atoms with Gasteiger partial charge in [0.1, 0.15) is 0 Å². The Morgan fingerprint density at radius 2 is 1.91 bits per heavy atom. The molecule has 118 valence electrons. The molecule has 1 N–H and O–H groups in total. The first kappa shape index (κ1) is 16.5. The maximum absolute atomic E-state index is 12.0. The standard InChI is InChI=1S/C17H24N4O/c1-14(11-18)12-19-17(22)16-5-3-15(4-6-16)13-21-9-7-20(2)8-10-21/h3-6,14H,7-10,12-13H2,1-2H3,(H,19,22)/t14-/m1/s1. The summed E-state index contributed by atoms with van der Waals surface area (Å²) in [6.45, 7) is 7.50. The van der Waals surface area contributed by atoms with Crippen LogP contribution in [0.2, 0.25) is 0 Å². The van der Waals surface area contributed by atoms with Gasteiger partial charge in [0.2, 0.25) is 0 Å². The molecule has 1 aromatic rings. The smallest absolute Gasteiger partial charge is 0.251 e. The summed E-state index contributed by atoms with van der Waals surface area (Å²) in [6.07, 6.45) is 0. The SMILES string of the molecule is C[C@H](C#N)CNC(=O)c1ccc(CN2CCN(C)CC2)cc1. The minimum Gasteiger partial charge on any atom is -0.351 e. The van der Waals surface area contributed by atoms with Crippen LogP contribution in [0.3, 0.4) is 0 Å². The minimum absolute atomic E-state index is 0.117. The van der Waals surface area contributed by atoms with Crippen LogP contribution in [0.1, 0.15) is 22.8 Å². The maximum Gasteiger partial charge on any atom is 0.251 e. The molecule has 2 rings (SSSR count). The molecule has 5 nitrogen and oxygen atoms in total. The number of carbonyl (C=O) groups is 1. The molecule has 1 fully saturated rings. The van der Waals surface area contributed by atoms with Crippen LogP contribution >= 0.6 is 0 Å². The summed E-state index contributed by atoms with van der Waals surface area (Å²) in [5.74, 6) is -0.284. The van der Waals surface area contributed by atoms with Crippen molar-refractivity contribution in [2.24, 2.45) is 5.92 Å². The van der Waals surface area contributed by atoms with Gasteiger partial charge < -0.3 is 10.2 Å². The van der Waals surface area contributed by atoms with Gasteiger partial charge in [-0.2, -0.15) is 5.26 Å². The second-order valence-electron chi connectivity index (χ2n) is 6.02.